The van der Waals surface area contributed by atoms with Gasteiger partial charge in [0.2, 0.25) is 29.5 Å². The number of hydrogen-bond donors (Lipinski definition) is 10. The average Bonchev–Trinajstić information content (AvgIpc) is 1.33. The number of aliphatic carboxylic acids is 2. The number of rotatable bonds is 53. The summed E-state index contributed by atoms with van der Waals surface area (Å²) >= 11 is 2.48. The number of carbonyl (C=O) groups excluding carboxylic acids is 7. The quantitative estimate of drug-likeness (QED) is 0.00849. The van der Waals surface area contributed by atoms with Crippen molar-refractivity contribution < 1.29 is 72.7 Å². The highest BCUT2D eigenvalue weighted by molar-refractivity contribution is 7.10. The zero-order chi connectivity index (χ0) is 87.0. The van der Waals surface area contributed by atoms with Gasteiger partial charge in [-0.25, -0.2) is 9.97 Å². The Morgan fingerprint density at radius 1 is 0.636 bits per heavy atom. The van der Waals surface area contributed by atoms with E-state index in [1.165, 1.54) is 22.7 Å². The van der Waals surface area contributed by atoms with Crippen LogP contribution in [-0.2, 0) is 65.4 Å². The highest BCUT2D eigenvalue weighted by Gasteiger charge is 2.42. The predicted octanol–water partition coefficient (Wildman–Crippen LogP) is 13.3. The summed E-state index contributed by atoms with van der Waals surface area (Å²) in [7, 11) is 1.95. The normalized spacial score (nSPS) is 17.7. The molecule has 13 atom stereocenters. The fraction of sp³-hybridized carbons (Fsp3) is 0.697. The van der Waals surface area contributed by atoms with E-state index in [4.69, 9.17) is 35.6 Å². The minimum atomic E-state index is -1.39. The van der Waals surface area contributed by atoms with Gasteiger partial charge in [-0.2, -0.15) is 0 Å². The minimum Gasteiger partial charge on any atom is -0.481 e. The molecule has 29 heteroatoms. The van der Waals surface area contributed by atoms with Crippen molar-refractivity contribution in [2.75, 3.05) is 57.9 Å². The highest BCUT2D eigenvalue weighted by atomic mass is 32.1. The number of carboxylic acid groups (broad SMARTS) is 2. The Hall–Kier alpha value is -7.67. The highest BCUT2D eigenvalue weighted by Crippen LogP contribution is 2.37. The number of carbonyl (C=O) groups is 9. The first-order chi connectivity index (χ1) is 56.0. The summed E-state index contributed by atoms with van der Waals surface area (Å²) in [5.74, 6) is -5.32. The standard InChI is InChI=1S/C89H142N12O15S2/c1-16-20-21-28-44-101(84(109)76(58(9)17-2)97-80(107)68-32-26-30-43-99(68)15)70(57(7)8)50-73(83-96-67(55-118-83)79(106)93-64(47-60-35-39-62(90)40-36-60)51-88(11,12)86(111)92-53-74(102)103)116-75(104)34-25-23-22-24-29-45-100(85(110)77(59(10)18-3)98-81(108)71-33-27-31-46-115-71)69(56(5)6)49-72(114-19-4)82-95-66(54-117-82)78(105)94-65(52-89(13,14)87(112)113)48-61-37-41-63(91)42-38-61/h35-42,54-59,64-65,68-73,76-77,79,93,106H,16-34,43-53,90-91H2,1-15H3,(H,92,111)(H,94,105)(H,97,107)(H,98,108)(H,102,103)(H,112,113)/t58-,59-,64-,65-,68+,69+,70+,71+,72+,73+,76-,77-,79?/m0/s1. The van der Waals surface area contributed by atoms with Crippen LogP contribution in [0.2, 0.25) is 0 Å². The lowest BCUT2D eigenvalue weighted by Gasteiger charge is -2.40. The van der Waals surface area contributed by atoms with Crippen molar-refractivity contribution >= 4 is 87.4 Å². The van der Waals surface area contributed by atoms with E-state index in [-0.39, 0.29) is 90.4 Å². The van der Waals surface area contributed by atoms with E-state index in [2.05, 4.69) is 52.3 Å². The maximum Gasteiger partial charge on any atom is 0.322 e. The van der Waals surface area contributed by atoms with E-state index in [0.29, 0.717) is 131 Å². The Balaban J connectivity index is 1.27. The van der Waals surface area contributed by atoms with Gasteiger partial charge in [-0.3, -0.25) is 53.4 Å². The number of amides is 6. The van der Waals surface area contributed by atoms with Crippen LogP contribution >= 0.6 is 22.7 Å². The van der Waals surface area contributed by atoms with Crippen molar-refractivity contribution in [3.63, 3.8) is 0 Å². The maximum atomic E-state index is 15.6. The van der Waals surface area contributed by atoms with E-state index in [1.807, 2.05) is 89.6 Å². The summed E-state index contributed by atoms with van der Waals surface area (Å²) in [5, 5.41) is 51.3. The Bertz CT molecular complexity index is 3770. The van der Waals surface area contributed by atoms with Crippen LogP contribution in [0.15, 0.2) is 59.3 Å². The summed E-state index contributed by atoms with van der Waals surface area (Å²) < 4.78 is 19.1. The molecule has 0 spiro atoms. The zero-order valence-corrected chi connectivity index (χ0v) is 74.7. The number of aromatic nitrogens is 2. The third-order valence-corrected chi connectivity index (χ3v) is 25.4. The van der Waals surface area contributed by atoms with Crippen LogP contribution in [0.25, 0.3) is 0 Å². The van der Waals surface area contributed by atoms with Gasteiger partial charge in [0.1, 0.15) is 52.8 Å². The lowest BCUT2D eigenvalue weighted by atomic mass is 9.82. The first kappa shape index (κ1) is 99.1. The van der Waals surface area contributed by atoms with Gasteiger partial charge < -0.3 is 72.1 Å². The maximum absolute atomic E-state index is 15.6. The molecular formula is C89H142N12O15S2. The van der Waals surface area contributed by atoms with Gasteiger partial charge in [0, 0.05) is 97.3 Å². The summed E-state index contributed by atoms with van der Waals surface area (Å²) in [4.78, 5) is 142. The average molecular weight is 1680 g/mol. The molecule has 0 saturated carbocycles. The third-order valence-electron chi connectivity index (χ3n) is 23.5. The molecular weight excluding hydrogens is 1540 g/mol. The molecule has 2 aliphatic rings. The fourth-order valence-electron chi connectivity index (χ4n) is 15.8. The Morgan fingerprint density at radius 2 is 1.16 bits per heavy atom. The summed E-state index contributed by atoms with van der Waals surface area (Å²) in [5.41, 5.74) is 13.0. The second-order valence-electron chi connectivity index (χ2n) is 34.8. The first-order valence-corrected chi connectivity index (χ1v) is 45.2. The molecule has 4 aromatic rings. The first-order valence-electron chi connectivity index (χ1n) is 43.4. The number of nitrogens with two attached hydrogens (primary N) is 2. The fourth-order valence-corrected chi connectivity index (χ4v) is 17.5. The number of carboxylic acids is 2. The number of benzene rings is 2. The van der Waals surface area contributed by atoms with Crippen LogP contribution in [0.4, 0.5) is 11.4 Å². The molecule has 660 valence electrons. The van der Waals surface area contributed by atoms with E-state index < -0.39 is 108 Å². The van der Waals surface area contributed by atoms with Gasteiger partial charge >= 0.3 is 17.9 Å². The van der Waals surface area contributed by atoms with Crippen LogP contribution in [0.1, 0.15) is 294 Å². The molecule has 6 amide bonds. The number of unbranched alkanes of at least 4 members (excludes halogenated alkanes) is 7. The number of hydrogen-bond acceptors (Lipinski definition) is 21. The number of piperidine rings is 1. The largest absolute Gasteiger partial charge is 0.481 e. The molecule has 0 bridgehead atoms. The molecule has 0 aliphatic carbocycles. The van der Waals surface area contributed by atoms with Crippen molar-refractivity contribution in [2.24, 2.45) is 34.5 Å². The smallest absolute Gasteiger partial charge is 0.322 e. The Morgan fingerprint density at radius 3 is 1.69 bits per heavy atom. The van der Waals surface area contributed by atoms with Crippen LogP contribution in [-0.4, -0.2) is 188 Å². The number of likely N-dealkylation sites (N-methyl/N-ethyl adjacent to an activating group) is 1. The van der Waals surface area contributed by atoms with E-state index in [1.54, 1.807) is 62.7 Å². The SMILES string of the molecule is CCCCCCN(C(=O)[C@@H](NC(=O)[C@H]1CCCCN1C)[C@@H](C)CC)[C@H](C[C@@H](OC(=O)CCCCCCCN(C(=O)[C@@H](NC(=O)[C@H]1CCCCO1)[C@@H](C)CC)[C@H](C[C@@H](OCC)c1nc(C(=O)N[C@@H](Cc2ccc(N)cc2)CC(C)(C)C(=O)O)cs1)C(C)C)c1nc(C(O)N[C@@H](Cc2ccc(N)cc2)CC(C)(C)C(=O)NCC(=O)O)cs1)C(C)C. The van der Waals surface area contributed by atoms with Gasteiger partial charge in [-0.15, -0.1) is 22.7 Å². The van der Waals surface area contributed by atoms with Gasteiger partial charge in [0.25, 0.3) is 5.91 Å². The van der Waals surface area contributed by atoms with Crippen molar-refractivity contribution in [1.82, 2.24) is 51.3 Å². The number of aliphatic hydroxyl groups excluding tert-OH is 1. The molecule has 12 N–H and O–H groups in total. The van der Waals surface area contributed by atoms with Gasteiger partial charge in [0.15, 0.2) is 6.10 Å². The van der Waals surface area contributed by atoms with Crippen molar-refractivity contribution in [2.45, 2.75) is 318 Å². The van der Waals surface area contributed by atoms with Gasteiger partial charge in [-0.05, 0) is 170 Å². The monoisotopic (exact) mass is 1680 g/mol. The summed E-state index contributed by atoms with van der Waals surface area (Å²) in [6.07, 6.45) is 10.3. The van der Waals surface area contributed by atoms with Gasteiger partial charge in [0.05, 0.1) is 17.2 Å². The number of nitrogen functional groups attached to an aromatic ring is 2. The lowest BCUT2D eigenvalue weighted by Crippen LogP contribution is -2.59. The number of anilines is 2. The molecule has 27 nitrogen and oxygen atoms in total. The molecule has 0 radical (unpaired) electrons. The van der Waals surface area contributed by atoms with Crippen LogP contribution in [0.3, 0.4) is 0 Å². The summed E-state index contributed by atoms with van der Waals surface area (Å²) in [6.45, 7) is 28.5. The lowest BCUT2D eigenvalue weighted by molar-refractivity contribution is -0.152. The molecule has 2 aliphatic heterocycles. The van der Waals surface area contributed by atoms with Crippen LogP contribution < -0.4 is 38.1 Å². The van der Waals surface area contributed by atoms with E-state index >= 15 is 9.59 Å². The molecule has 1 unspecified atom stereocenters. The number of aliphatic hydroxyl groups is 1. The number of nitrogens with zero attached hydrogens (tertiary/aromatic N) is 5. The van der Waals surface area contributed by atoms with Crippen molar-refractivity contribution in [1.29, 1.82) is 0 Å². The van der Waals surface area contributed by atoms with Crippen molar-refractivity contribution in [3.05, 3.63) is 91.8 Å². The van der Waals surface area contributed by atoms with Crippen LogP contribution in [0, 0.1) is 34.5 Å². The Kier molecular flexibility index (Phi) is 41.4. The predicted molar refractivity (Wildman–Crippen MR) is 463 cm³/mol. The molecule has 2 fully saturated rings. The number of esters is 1. The molecule has 2 saturated heterocycles. The topological polar surface area (TPSA) is 390 Å². The molecule has 2 aromatic carbocycles. The molecule has 4 heterocycles. The summed E-state index contributed by atoms with van der Waals surface area (Å²) in [6, 6.07) is 10.3. The second-order valence-corrected chi connectivity index (χ2v) is 36.6. The third kappa shape index (κ3) is 31.4. The number of likely N-dealkylation sites (tertiary alicyclic amines) is 1. The van der Waals surface area contributed by atoms with Gasteiger partial charge in [-0.1, -0.05) is 158 Å². The molecule has 118 heavy (non-hydrogen) atoms. The zero-order valence-electron chi connectivity index (χ0n) is 73.1. The minimum absolute atomic E-state index is 0.0401. The number of nitrogens with one attached hydrogen (secondary N) is 5. The number of thiazole rings is 2. The number of ether oxygens (including phenoxy) is 3. The second kappa shape index (κ2) is 49.3. The van der Waals surface area contributed by atoms with E-state index in [0.717, 1.165) is 62.6 Å². The molecule has 6 rings (SSSR count). The van der Waals surface area contributed by atoms with Crippen LogP contribution in [0.5, 0.6) is 0 Å². The molecule has 2 aromatic heterocycles. The van der Waals surface area contributed by atoms with E-state index in [9.17, 15) is 48.9 Å². The Labute approximate surface area is 709 Å². The van der Waals surface area contributed by atoms with Crippen molar-refractivity contribution in [3.8, 4) is 0 Å².